The predicted octanol–water partition coefficient (Wildman–Crippen LogP) is 1.50. The van der Waals surface area contributed by atoms with Crippen molar-refractivity contribution in [3.63, 3.8) is 0 Å². The van der Waals surface area contributed by atoms with Crippen LogP contribution in [-0.4, -0.2) is 48.7 Å². The molecule has 9 nitrogen and oxygen atoms in total. The summed E-state index contributed by atoms with van der Waals surface area (Å²) in [5.41, 5.74) is -4.49. The van der Waals surface area contributed by atoms with Crippen molar-refractivity contribution in [1.82, 2.24) is 10.3 Å². The number of benzene rings is 1. The lowest BCUT2D eigenvalue weighted by Crippen LogP contribution is -2.46. The molecule has 0 aliphatic carbocycles. The Bertz CT molecular complexity index is 1190. The lowest BCUT2D eigenvalue weighted by atomic mass is 10.1. The number of aliphatic hydroxyl groups is 1. The second-order valence-corrected chi connectivity index (χ2v) is 8.80. The number of pyridine rings is 1. The third kappa shape index (κ3) is 5.59. The maximum atomic E-state index is 13.1. The Morgan fingerprint density at radius 2 is 1.81 bits per heavy atom. The average Bonchev–Trinajstić information content (AvgIpc) is 2.71. The first-order chi connectivity index (χ1) is 14.7. The van der Waals surface area contributed by atoms with Crippen LogP contribution in [0.3, 0.4) is 0 Å². The molecule has 1 aromatic heterocycles. The van der Waals surface area contributed by atoms with Gasteiger partial charge in [-0.1, -0.05) is 0 Å². The Balaban J connectivity index is 2.24. The van der Waals surface area contributed by atoms with Gasteiger partial charge in [-0.2, -0.15) is 18.4 Å². The van der Waals surface area contributed by atoms with E-state index in [0.29, 0.717) is 12.3 Å². The molecule has 2 amide bonds. The van der Waals surface area contributed by atoms with E-state index in [2.05, 4.69) is 10.3 Å². The van der Waals surface area contributed by atoms with Crippen LogP contribution in [-0.2, 0) is 20.8 Å². The van der Waals surface area contributed by atoms with Crippen LogP contribution >= 0.6 is 0 Å². The van der Waals surface area contributed by atoms with Crippen LogP contribution in [0.1, 0.15) is 28.4 Å². The number of aromatic nitrogens is 1. The molecule has 0 aliphatic rings. The molecule has 1 atom stereocenters. The zero-order valence-corrected chi connectivity index (χ0v) is 17.5. The molecule has 32 heavy (non-hydrogen) atoms. The largest absolute Gasteiger partial charge is 0.417 e. The third-order valence-electron chi connectivity index (χ3n) is 4.23. The highest BCUT2D eigenvalue weighted by molar-refractivity contribution is 7.91. The van der Waals surface area contributed by atoms with Crippen molar-refractivity contribution in [2.45, 2.75) is 23.6 Å². The molecule has 13 heteroatoms. The van der Waals surface area contributed by atoms with Gasteiger partial charge in [0.2, 0.25) is 0 Å². The minimum atomic E-state index is -4.90. The van der Waals surface area contributed by atoms with E-state index in [0.717, 1.165) is 19.1 Å². The van der Waals surface area contributed by atoms with Gasteiger partial charge < -0.3 is 15.7 Å². The molecule has 0 saturated carbocycles. The number of hydrogen-bond acceptors (Lipinski definition) is 7. The summed E-state index contributed by atoms with van der Waals surface area (Å²) in [7, 11) is -2.84. The van der Waals surface area contributed by atoms with Crippen molar-refractivity contribution in [3.05, 3.63) is 53.2 Å². The van der Waals surface area contributed by atoms with Crippen molar-refractivity contribution < 1.29 is 36.3 Å². The van der Waals surface area contributed by atoms with Crippen molar-refractivity contribution in [3.8, 4) is 6.07 Å². The van der Waals surface area contributed by atoms with E-state index in [4.69, 9.17) is 5.26 Å². The quantitative estimate of drug-likeness (QED) is 0.579. The second kappa shape index (κ2) is 8.93. The van der Waals surface area contributed by atoms with Crippen LogP contribution in [0.4, 0.5) is 19.0 Å². The number of amides is 2. The van der Waals surface area contributed by atoms with Gasteiger partial charge in [0, 0.05) is 18.8 Å². The summed E-state index contributed by atoms with van der Waals surface area (Å²) in [4.78, 5) is 27.2. The van der Waals surface area contributed by atoms with E-state index in [1.165, 1.54) is 25.2 Å². The summed E-state index contributed by atoms with van der Waals surface area (Å²) < 4.78 is 64.3. The lowest BCUT2D eigenvalue weighted by Gasteiger charge is -2.22. The number of nitrogens with zero attached hydrogens (tertiary/aromatic N) is 2. The number of nitrogens with one attached hydrogen (secondary N) is 2. The first-order valence-electron chi connectivity index (χ1n) is 8.77. The molecule has 0 bridgehead atoms. The Labute approximate surface area is 180 Å². The maximum absolute atomic E-state index is 13.1. The first-order valence-corrected chi connectivity index (χ1v) is 10.4. The minimum absolute atomic E-state index is 0.184. The highest BCUT2D eigenvalue weighted by atomic mass is 32.2. The molecule has 0 saturated heterocycles. The summed E-state index contributed by atoms with van der Waals surface area (Å²) >= 11 is 0. The minimum Gasteiger partial charge on any atom is -0.379 e. The van der Waals surface area contributed by atoms with Gasteiger partial charge in [0.25, 0.3) is 11.8 Å². The number of carbonyl (C=O) groups excluding carboxylic acids is 2. The molecule has 3 N–H and O–H groups in total. The van der Waals surface area contributed by atoms with Gasteiger partial charge >= 0.3 is 6.18 Å². The van der Waals surface area contributed by atoms with Crippen molar-refractivity contribution in [2.75, 3.05) is 18.1 Å². The van der Waals surface area contributed by atoms with Crippen molar-refractivity contribution >= 4 is 27.5 Å². The zero-order chi connectivity index (χ0) is 24.3. The monoisotopic (exact) mass is 470 g/mol. The van der Waals surface area contributed by atoms with Crippen LogP contribution in [0, 0.1) is 11.3 Å². The molecule has 2 aromatic rings. The predicted molar refractivity (Wildman–Crippen MR) is 105 cm³/mol. The summed E-state index contributed by atoms with van der Waals surface area (Å²) in [6.45, 7) is 0.868. The molecule has 1 aromatic carbocycles. The van der Waals surface area contributed by atoms with E-state index in [1.54, 1.807) is 0 Å². The summed E-state index contributed by atoms with van der Waals surface area (Å²) in [6.07, 6.45) is -4.31. The molecule has 0 fully saturated rings. The van der Waals surface area contributed by atoms with Gasteiger partial charge in [-0.05, 0) is 37.3 Å². The van der Waals surface area contributed by atoms with E-state index < -0.39 is 56.1 Å². The SMILES string of the molecule is CNC(=O)c1ccc(S(=O)(=O)C[C@](C)(O)C(=O)Nc2cc(C(F)(F)F)c(C#N)cn2)cc1. The van der Waals surface area contributed by atoms with Gasteiger partial charge in [-0.3, -0.25) is 9.59 Å². The van der Waals surface area contributed by atoms with Crippen molar-refractivity contribution in [1.29, 1.82) is 5.26 Å². The number of nitriles is 1. The smallest absolute Gasteiger partial charge is 0.379 e. The zero-order valence-electron chi connectivity index (χ0n) is 16.7. The van der Waals surface area contributed by atoms with Crippen LogP contribution in [0.2, 0.25) is 0 Å². The van der Waals surface area contributed by atoms with Gasteiger partial charge in [-0.15, -0.1) is 0 Å². The van der Waals surface area contributed by atoms with E-state index >= 15 is 0 Å². The van der Waals surface area contributed by atoms with Crippen LogP contribution in [0.25, 0.3) is 0 Å². The van der Waals surface area contributed by atoms with Gasteiger partial charge in [0.15, 0.2) is 15.4 Å². The van der Waals surface area contributed by atoms with Gasteiger partial charge in [0.1, 0.15) is 11.9 Å². The molecular weight excluding hydrogens is 453 g/mol. The molecule has 0 aliphatic heterocycles. The highest BCUT2D eigenvalue weighted by Gasteiger charge is 2.38. The first kappa shape index (κ1) is 24.8. The maximum Gasteiger partial charge on any atom is 0.417 e. The van der Waals surface area contributed by atoms with Crippen LogP contribution in [0.5, 0.6) is 0 Å². The normalized spacial score (nSPS) is 13.5. The molecule has 0 unspecified atom stereocenters. The van der Waals surface area contributed by atoms with Gasteiger partial charge in [0.05, 0.1) is 21.8 Å². The van der Waals surface area contributed by atoms with E-state index in [-0.39, 0.29) is 10.5 Å². The van der Waals surface area contributed by atoms with E-state index in [9.17, 15) is 36.3 Å². The molecule has 170 valence electrons. The Morgan fingerprint density at radius 1 is 1.22 bits per heavy atom. The summed E-state index contributed by atoms with van der Waals surface area (Å²) in [5.74, 6) is -3.51. The second-order valence-electron chi connectivity index (χ2n) is 6.82. The molecule has 0 spiro atoms. The topological polar surface area (TPSA) is 149 Å². The number of alkyl halides is 3. The lowest BCUT2D eigenvalue weighted by molar-refractivity contribution is -0.138. The fourth-order valence-corrected chi connectivity index (χ4v) is 4.16. The summed E-state index contributed by atoms with van der Waals surface area (Å²) in [6, 6.07) is 6.43. The number of hydrogen-bond donors (Lipinski definition) is 3. The Morgan fingerprint density at radius 3 is 2.31 bits per heavy atom. The van der Waals surface area contributed by atoms with Crippen molar-refractivity contribution in [2.24, 2.45) is 0 Å². The van der Waals surface area contributed by atoms with Gasteiger partial charge in [-0.25, -0.2) is 13.4 Å². The average molecular weight is 470 g/mol. The molecule has 2 rings (SSSR count). The van der Waals surface area contributed by atoms with Crippen LogP contribution in [0.15, 0.2) is 41.4 Å². The number of carbonyl (C=O) groups is 2. The molecule has 1 heterocycles. The number of rotatable bonds is 6. The Hall–Kier alpha value is -3.50. The number of sulfone groups is 1. The highest BCUT2D eigenvalue weighted by Crippen LogP contribution is 2.33. The third-order valence-corrected chi connectivity index (χ3v) is 6.17. The fourth-order valence-electron chi connectivity index (χ4n) is 2.58. The fraction of sp³-hybridized carbons (Fsp3) is 0.263. The number of halogens is 3. The molecule has 0 radical (unpaired) electrons. The number of anilines is 1. The molecular formula is C19H17F3N4O5S. The summed E-state index contributed by atoms with van der Waals surface area (Å²) in [5, 5.41) is 23.5. The van der Waals surface area contributed by atoms with E-state index in [1.807, 2.05) is 5.32 Å². The van der Waals surface area contributed by atoms with Crippen LogP contribution < -0.4 is 10.6 Å². The standard InChI is InChI=1S/C19H17F3N4O5S/c1-18(29,10-32(30,31)13-5-3-11(4-6-13)16(27)24-2)17(28)26-15-7-14(19(20,21)22)12(8-23)9-25-15/h3-7,9,29H,10H2,1-2H3,(H,24,27)(H,25,26,28)/t18-/m0/s1. The Kier molecular flexibility index (Phi) is 6.91.